The molecule has 1 atom stereocenters. The van der Waals surface area contributed by atoms with Crippen molar-refractivity contribution < 1.29 is 4.42 Å². The maximum atomic E-state index is 5.38. The predicted octanol–water partition coefficient (Wildman–Crippen LogP) is 1.03. The van der Waals surface area contributed by atoms with Crippen molar-refractivity contribution in [2.45, 2.75) is 39.3 Å². The van der Waals surface area contributed by atoms with Gasteiger partial charge in [-0.05, 0) is 32.9 Å². The van der Waals surface area contributed by atoms with Gasteiger partial charge in [0.2, 0.25) is 5.96 Å². The van der Waals surface area contributed by atoms with Crippen LogP contribution >= 0.6 is 0 Å². The van der Waals surface area contributed by atoms with Gasteiger partial charge in [0.15, 0.2) is 0 Å². The summed E-state index contributed by atoms with van der Waals surface area (Å²) in [6.07, 6.45) is 2.43. The van der Waals surface area contributed by atoms with Gasteiger partial charge in [0.1, 0.15) is 5.76 Å². The number of nitrogens with two attached hydrogens (primary N) is 1. The zero-order valence-electron chi connectivity index (χ0n) is 10.0. The van der Waals surface area contributed by atoms with Gasteiger partial charge in [0, 0.05) is 12.5 Å². The fourth-order valence-corrected chi connectivity index (χ4v) is 1.38. The second-order valence-corrected chi connectivity index (χ2v) is 4.05. The molecular weight excluding hydrogens is 204 g/mol. The number of nitrogens with zero attached hydrogens (tertiary/aromatic N) is 1. The summed E-state index contributed by atoms with van der Waals surface area (Å²) in [6.45, 7) is 6.08. The van der Waals surface area contributed by atoms with E-state index in [1.165, 1.54) is 0 Å². The van der Waals surface area contributed by atoms with E-state index < -0.39 is 0 Å². The molecule has 1 aromatic heterocycles. The van der Waals surface area contributed by atoms with Gasteiger partial charge in [-0.1, -0.05) is 0 Å². The van der Waals surface area contributed by atoms with Gasteiger partial charge >= 0.3 is 0 Å². The van der Waals surface area contributed by atoms with Crippen LogP contribution in [0.15, 0.2) is 27.8 Å². The van der Waals surface area contributed by atoms with Gasteiger partial charge in [0.05, 0.1) is 12.3 Å². The normalized spacial score (nSPS) is 13.9. The highest BCUT2D eigenvalue weighted by molar-refractivity contribution is 5.79. The Kier molecular flexibility index (Phi) is 4.85. The Hall–Kier alpha value is -1.49. The van der Waals surface area contributed by atoms with Crippen molar-refractivity contribution in [3.05, 3.63) is 24.2 Å². The second kappa shape index (κ2) is 6.17. The zero-order chi connectivity index (χ0) is 12.0. The monoisotopic (exact) mass is 224 g/mol. The van der Waals surface area contributed by atoms with Crippen molar-refractivity contribution in [2.75, 3.05) is 0 Å². The molecule has 0 radical (unpaired) electrons. The number of hydrogen-bond donors (Lipinski definition) is 3. The van der Waals surface area contributed by atoms with Crippen LogP contribution in [0.25, 0.3) is 0 Å². The van der Waals surface area contributed by atoms with Crippen molar-refractivity contribution in [3.8, 4) is 0 Å². The Labute approximate surface area is 96.1 Å². The van der Waals surface area contributed by atoms with E-state index in [-0.39, 0.29) is 6.04 Å². The molecule has 0 aliphatic heterocycles. The highest BCUT2D eigenvalue weighted by atomic mass is 16.3. The lowest BCUT2D eigenvalue weighted by atomic mass is 10.2. The summed E-state index contributed by atoms with van der Waals surface area (Å²) in [5.74, 6) is 6.91. The van der Waals surface area contributed by atoms with Crippen LogP contribution in [0.4, 0.5) is 0 Å². The third-order valence-electron chi connectivity index (χ3n) is 1.99. The maximum Gasteiger partial charge on any atom is 0.206 e. The average Bonchev–Trinajstić information content (AvgIpc) is 2.68. The average molecular weight is 224 g/mol. The molecule has 1 rings (SSSR count). The highest BCUT2D eigenvalue weighted by Gasteiger charge is 2.06. The molecule has 0 saturated heterocycles. The molecule has 5 nitrogen and oxygen atoms in total. The van der Waals surface area contributed by atoms with Gasteiger partial charge in [-0.2, -0.15) is 0 Å². The third kappa shape index (κ3) is 4.35. The van der Waals surface area contributed by atoms with E-state index in [4.69, 9.17) is 10.3 Å². The fraction of sp³-hybridized carbons (Fsp3) is 0.545. The summed E-state index contributed by atoms with van der Waals surface area (Å²) in [6, 6.07) is 4.23. The molecule has 90 valence electrons. The minimum atomic E-state index is 0.114. The van der Waals surface area contributed by atoms with Crippen LogP contribution in [0.1, 0.15) is 26.5 Å². The van der Waals surface area contributed by atoms with Crippen molar-refractivity contribution in [2.24, 2.45) is 10.8 Å². The minimum absolute atomic E-state index is 0.114. The van der Waals surface area contributed by atoms with Crippen LogP contribution in [-0.2, 0) is 6.42 Å². The lowest BCUT2D eigenvalue weighted by Crippen LogP contribution is -2.45. The lowest BCUT2D eigenvalue weighted by Gasteiger charge is -2.14. The number of aliphatic imine (C=N–C) groups is 1. The van der Waals surface area contributed by atoms with Crippen molar-refractivity contribution >= 4 is 5.96 Å². The quantitative estimate of drug-likeness (QED) is 0.309. The summed E-state index contributed by atoms with van der Waals surface area (Å²) in [7, 11) is 0. The molecule has 16 heavy (non-hydrogen) atoms. The molecule has 1 unspecified atom stereocenters. The van der Waals surface area contributed by atoms with Gasteiger partial charge in [-0.3, -0.25) is 5.43 Å². The predicted molar refractivity (Wildman–Crippen MR) is 64.9 cm³/mol. The molecule has 1 heterocycles. The molecule has 0 aliphatic carbocycles. The number of hydrogen-bond acceptors (Lipinski definition) is 3. The van der Waals surface area contributed by atoms with Crippen molar-refractivity contribution in [3.63, 3.8) is 0 Å². The maximum absolute atomic E-state index is 5.38. The van der Waals surface area contributed by atoms with Gasteiger partial charge in [-0.25, -0.2) is 10.8 Å². The number of guanidine groups is 1. The Morgan fingerprint density at radius 3 is 2.75 bits per heavy atom. The largest absolute Gasteiger partial charge is 0.469 e. The standard InChI is InChI=1S/C11H20N4O/c1-8(2)13-11(15-12)14-9(3)7-10-5-4-6-16-10/h4-6,8-9H,7,12H2,1-3H3,(H2,13,14,15). The lowest BCUT2D eigenvalue weighted by molar-refractivity contribution is 0.491. The summed E-state index contributed by atoms with van der Waals surface area (Å²) in [4.78, 5) is 4.42. The van der Waals surface area contributed by atoms with E-state index in [1.807, 2.05) is 32.9 Å². The summed E-state index contributed by atoms with van der Waals surface area (Å²) < 4.78 is 5.26. The zero-order valence-corrected chi connectivity index (χ0v) is 10.0. The van der Waals surface area contributed by atoms with Crippen LogP contribution in [0.2, 0.25) is 0 Å². The second-order valence-electron chi connectivity index (χ2n) is 4.05. The van der Waals surface area contributed by atoms with Crippen molar-refractivity contribution in [1.82, 2.24) is 10.7 Å². The molecule has 0 spiro atoms. The SMILES string of the molecule is CC(Cc1ccco1)N=C(NN)NC(C)C. The molecule has 1 aromatic rings. The van der Waals surface area contributed by atoms with Crippen LogP contribution in [0.5, 0.6) is 0 Å². The Bertz CT molecular complexity index is 319. The van der Waals surface area contributed by atoms with Gasteiger partial charge in [-0.15, -0.1) is 0 Å². The first-order valence-electron chi connectivity index (χ1n) is 5.45. The Morgan fingerprint density at radius 2 is 2.25 bits per heavy atom. The number of rotatable bonds is 4. The molecule has 0 aliphatic rings. The third-order valence-corrected chi connectivity index (χ3v) is 1.99. The van der Waals surface area contributed by atoms with E-state index in [1.54, 1.807) is 6.26 Å². The van der Waals surface area contributed by atoms with Gasteiger partial charge < -0.3 is 9.73 Å². The number of furan rings is 1. The van der Waals surface area contributed by atoms with Crippen LogP contribution in [0, 0.1) is 0 Å². The summed E-state index contributed by atoms with van der Waals surface area (Å²) in [5.41, 5.74) is 2.55. The van der Waals surface area contributed by atoms with E-state index in [2.05, 4.69) is 15.7 Å². The van der Waals surface area contributed by atoms with E-state index in [0.717, 1.165) is 12.2 Å². The molecular formula is C11H20N4O. The molecule has 0 saturated carbocycles. The first-order chi connectivity index (χ1) is 7.61. The Balaban J connectivity index is 2.52. The fourth-order valence-electron chi connectivity index (χ4n) is 1.38. The number of hydrazine groups is 1. The summed E-state index contributed by atoms with van der Waals surface area (Å²) >= 11 is 0. The van der Waals surface area contributed by atoms with E-state index >= 15 is 0 Å². The molecule has 4 N–H and O–H groups in total. The molecule has 5 heteroatoms. The minimum Gasteiger partial charge on any atom is -0.469 e. The van der Waals surface area contributed by atoms with Crippen molar-refractivity contribution in [1.29, 1.82) is 0 Å². The smallest absolute Gasteiger partial charge is 0.206 e. The van der Waals surface area contributed by atoms with E-state index in [0.29, 0.717) is 12.0 Å². The Morgan fingerprint density at radius 1 is 1.50 bits per heavy atom. The molecule has 0 fully saturated rings. The molecule has 0 bridgehead atoms. The van der Waals surface area contributed by atoms with Crippen LogP contribution in [-0.4, -0.2) is 18.0 Å². The highest BCUT2D eigenvalue weighted by Crippen LogP contribution is 2.06. The van der Waals surface area contributed by atoms with Gasteiger partial charge in [0.25, 0.3) is 0 Å². The topological polar surface area (TPSA) is 75.6 Å². The first-order valence-corrected chi connectivity index (χ1v) is 5.45. The van der Waals surface area contributed by atoms with Crippen LogP contribution < -0.4 is 16.6 Å². The molecule has 0 amide bonds. The van der Waals surface area contributed by atoms with Crippen LogP contribution in [0.3, 0.4) is 0 Å². The van der Waals surface area contributed by atoms with E-state index in [9.17, 15) is 0 Å². The first kappa shape index (κ1) is 12.6. The summed E-state index contributed by atoms with van der Waals surface area (Å²) in [5, 5.41) is 3.12. The number of nitrogens with one attached hydrogen (secondary N) is 2. The molecule has 0 aromatic carbocycles.